The number of nitrogens with zero attached hydrogens (tertiary/aromatic N) is 2. The van der Waals surface area contributed by atoms with Gasteiger partial charge in [-0.1, -0.05) is 0 Å². The van der Waals surface area contributed by atoms with Crippen molar-refractivity contribution in [2.75, 3.05) is 12.3 Å². The molecule has 1 fully saturated rings. The van der Waals surface area contributed by atoms with E-state index < -0.39 is 36.3 Å². The van der Waals surface area contributed by atoms with Crippen LogP contribution in [0.1, 0.15) is 13.2 Å². The number of nitrogens with two attached hydrogens (primary N) is 1. The molecule has 8 nitrogen and oxygen atoms in total. The third-order valence-corrected chi connectivity index (χ3v) is 3.75. The Bertz CT molecular complexity index is 740. The van der Waals surface area contributed by atoms with Crippen molar-refractivity contribution in [1.29, 1.82) is 0 Å². The van der Waals surface area contributed by atoms with Crippen LogP contribution in [-0.2, 0) is 4.74 Å². The molecule has 0 aromatic carbocycles. The molecule has 114 valence electrons. The Kier molecular flexibility index (Phi) is 3.01. The van der Waals surface area contributed by atoms with Gasteiger partial charge in [0, 0.05) is 6.20 Å². The Morgan fingerprint density at radius 3 is 3.00 bits per heavy atom. The van der Waals surface area contributed by atoms with Gasteiger partial charge in [0.1, 0.15) is 12.2 Å². The number of halogens is 1. The molecule has 0 amide bonds. The number of fused-ring (bicyclic) bond motifs is 1. The Labute approximate surface area is 118 Å². The summed E-state index contributed by atoms with van der Waals surface area (Å²) in [7, 11) is 0. The fourth-order valence-corrected chi connectivity index (χ4v) is 2.61. The standard InChI is InChI=1S/C12H15FN4O4/c1-12(13)7(19)6(4-18)21-10(12)17-3-2-5-8(17)15-11(14)16-9(5)20/h2-3,6-7,10,18-19H,4H2,1H3,(H3,14,15,16,20)/t6?,7-,10+,12?/m0/s1. The van der Waals surface area contributed by atoms with Crippen molar-refractivity contribution in [3.8, 4) is 0 Å². The fraction of sp³-hybridized carbons (Fsp3) is 0.500. The predicted octanol–water partition coefficient (Wildman–Crippen LogP) is -0.714. The van der Waals surface area contributed by atoms with Crippen molar-refractivity contribution in [1.82, 2.24) is 14.5 Å². The second-order valence-electron chi connectivity index (χ2n) is 5.22. The number of anilines is 1. The number of aliphatic hydroxyl groups excluding tert-OH is 2. The summed E-state index contributed by atoms with van der Waals surface area (Å²) in [5.41, 5.74) is 3.04. The van der Waals surface area contributed by atoms with Crippen LogP contribution in [0.4, 0.5) is 10.3 Å². The first kappa shape index (κ1) is 14.0. The second kappa shape index (κ2) is 4.52. The molecule has 0 saturated carbocycles. The number of hydrogen-bond acceptors (Lipinski definition) is 6. The molecule has 3 heterocycles. The van der Waals surface area contributed by atoms with Crippen LogP contribution in [0, 0.1) is 0 Å². The van der Waals surface area contributed by atoms with E-state index in [4.69, 9.17) is 15.6 Å². The van der Waals surface area contributed by atoms with Crippen molar-refractivity contribution in [2.45, 2.75) is 31.0 Å². The Morgan fingerprint density at radius 1 is 1.67 bits per heavy atom. The highest BCUT2D eigenvalue weighted by atomic mass is 19.1. The van der Waals surface area contributed by atoms with Crippen LogP contribution in [0.15, 0.2) is 17.1 Å². The Morgan fingerprint density at radius 2 is 2.38 bits per heavy atom. The molecule has 0 bridgehead atoms. The molecule has 3 rings (SSSR count). The van der Waals surface area contributed by atoms with E-state index in [2.05, 4.69) is 9.97 Å². The molecule has 2 unspecified atom stereocenters. The van der Waals surface area contributed by atoms with Crippen molar-refractivity contribution < 1.29 is 19.3 Å². The van der Waals surface area contributed by atoms with Gasteiger partial charge in [0.2, 0.25) is 5.95 Å². The largest absolute Gasteiger partial charge is 0.394 e. The van der Waals surface area contributed by atoms with Gasteiger partial charge in [0.25, 0.3) is 5.56 Å². The Balaban J connectivity index is 2.15. The first-order valence-corrected chi connectivity index (χ1v) is 6.36. The minimum absolute atomic E-state index is 0.106. The van der Waals surface area contributed by atoms with Gasteiger partial charge in [-0.15, -0.1) is 0 Å². The number of nitrogen functional groups attached to an aromatic ring is 1. The maximum Gasteiger partial charge on any atom is 0.261 e. The highest BCUT2D eigenvalue weighted by molar-refractivity contribution is 5.76. The summed E-state index contributed by atoms with van der Waals surface area (Å²) in [6, 6.07) is 1.46. The average molecular weight is 298 g/mol. The zero-order valence-corrected chi connectivity index (χ0v) is 11.2. The summed E-state index contributed by atoms with van der Waals surface area (Å²) in [5.74, 6) is -0.106. The van der Waals surface area contributed by atoms with Crippen LogP contribution >= 0.6 is 0 Å². The summed E-state index contributed by atoms with van der Waals surface area (Å²) < 4.78 is 21.4. The normalized spacial score (nSPS) is 32.9. The van der Waals surface area contributed by atoms with Crippen LogP contribution in [0.2, 0.25) is 0 Å². The number of ether oxygens (including phenoxy) is 1. The van der Waals surface area contributed by atoms with E-state index in [0.29, 0.717) is 0 Å². The topological polar surface area (TPSA) is 126 Å². The van der Waals surface area contributed by atoms with Crippen molar-refractivity contribution >= 4 is 17.0 Å². The number of nitrogens with one attached hydrogen (secondary N) is 1. The van der Waals surface area contributed by atoms with E-state index in [1.54, 1.807) is 0 Å². The highest BCUT2D eigenvalue weighted by Gasteiger charge is 2.55. The van der Waals surface area contributed by atoms with Crippen LogP contribution in [0.3, 0.4) is 0 Å². The average Bonchev–Trinajstić information content (AvgIpc) is 2.91. The molecule has 1 aliphatic heterocycles. The first-order chi connectivity index (χ1) is 9.86. The molecule has 4 atom stereocenters. The fourth-order valence-electron chi connectivity index (χ4n) is 2.61. The van der Waals surface area contributed by atoms with Gasteiger partial charge >= 0.3 is 0 Å². The van der Waals surface area contributed by atoms with Gasteiger partial charge in [-0.05, 0) is 13.0 Å². The van der Waals surface area contributed by atoms with Gasteiger partial charge in [0.15, 0.2) is 17.5 Å². The highest BCUT2D eigenvalue weighted by Crippen LogP contribution is 2.42. The molecule has 1 aliphatic rings. The molecular formula is C12H15FN4O4. The molecule has 1 saturated heterocycles. The lowest BCUT2D eigenvalue weighted by Gasteiger charge is -2.25. The minimum Gasteiger partial charge on any atom is -0.394 e. The molecule has 2 aromatic heterocycles. The summed E-state index contributed by atoms with van der Waals surface area (Å²) in [5, 5.41) is 19.2. The third-order valence-electron chi connectivity index (χ3n) is 3.75. The number of aliphatic hydroxyl groups is 2. The number of aromatic amines is 1. The third kappa shape index (κ3) is 1.93. The lowest BCUT2D eigenvalue weighted by molar-refractivity contribution is -0.0564. The van der Waals surface area contributed by atoms with Crippen LogP contribution < -0.4 is 11.3 Å². The Hall–Kier alpha value is -1.97. The van der Waals surface area contributed by atoms with Crippen molar-refractivity contribution in [2.24, 2.45) is 0 Å². The maximum atomic E-state index is 14.7. The lowest BCUT2D eigenvalue weighted by atomic mass is 9.98. The molecule has 5 N–H and O–H groups in total. The summed E-state index contributed by atoms with van der Waals surface area (Å²) in [6.45, 7) is 0.646. The molecular weight excluding hydrogens is 283 g/mol. The zero-order chi connectivity index (χ0) is 15.4. The number of aromatic nitrogens is 3. The van der Waals surface area contributed by atoms with E-state index in [0.717, 1.165) is 0 Å². The molecule has 0 spiro atoms. The van der Waals surface area contributed by atoms with E-state index in [-0.39, 0.29) is 17.0 Å². The van der Waals surface area contributed by atoms with Crippen molar-refractivity contribution in [3.63, 3.8) is 0 Å². The molecule has 0 radical (unpaired) electrons. The lowest BCUT2D eigenvalue weighted by Crippen LogP contribution is -2.40. The molecule has 21 heavy (non-hydrogen) atoms. The van der Waals surface area contributed by atoms with Crippen LogP contribution in [0.25, 0.3) is 11.0 Å². The van der Waals surface area contributed by atoms with E-state index in [9.17, 15) is 14.3 Å². The number of H-pyrrole nitrogens is 1. The number of rotatable bonds is 2. The van der Waals surface area contributed by atoms with Crippen LogP contribution in [0.5, 0.6) is 0 Å². The van der Waals surface area contributed by atoms with Crippen molar-refractivity contribution in [3.05, 3.63) is 22.6 Å². The van der Waals surface area contributed by atoms with E-state index >= 15 is 0 Å². The maximum absolute atomic E-state index is 14.7. The molecule has 9 heteroatoms. The SMILES string of the molecule is CC1(F)[C@@H](O)C(CO)O[C@H]1n1ccc2c(=O)[nH]c(N)nc21. The van der Waals surface area contributed by atoms with Gasteiger partial charge in [-0.25, -0.2) is 4.39 Å². The minimum atomic E-state index is -2.15. The zero-order valence-electron chi connectivity index (χ0n) is 11.2. The van der Waals surface area contributed by atoms with Gasteiger partial charge < -0.3 is 25.3 Å². The number of alkyl halides is 1. The van der Waals surface area contributed by atoms with Gasteiger partial charge in [-0.2, -0.15) is 4.98 Å². The first-order valence-electron chi connectivity index (χ1n) is 6.36. The summed E-state index contributed by atoms with van der Waals surface area (Å²) in [6.07, 6.45) is -2.34. The monoisotopic (exact) mass is 298 g/mol. The predicted molar refractivity (Wildman–Crippen MR) is 71.3 cm³/mol. The van der Waals surface area contributed by atoms with Gasteiger partial charge in [-0.3, -0.25) is 9.78 Å². The van der Waals surface area contributed by atoms with Gasteiger partial charge in [0.05, 0.1) is 12.0 Å². The molecule has 0 aliphatic carbocycles. The van der Waals surface area contributed by atoms with E-state index in [1.165, 1.54) is 23.8 Å². The smallest absolute Gasteiger partial charge is 0.261 e. The quantitative estimate of drug-likeness (QED) is 0.580. The summed E-state index contributed by atoms with van der Waals surface area (Å²) in [4.78, 5) is 18.1. The number of hydrogen-bond donors (Lipinski definition) is 4. The van der Waals surface area contributed by atoms with E-state index in [1.807, 2.05) is 0 Å². The summed E-state index contributed by atoms with van der Waals surface area (Å²) >= 11 is 0. The second-order valence-corrected chi connectivity index (χ2v) is 5.22. The molecule has 2 aromatic rings. The van der Waals surface area contributed by atoms with Crippen LogP contribution in [-0.4, -0.2) is 49.2 Å².